The van der Waals surface area contributed by atoms with Crippen molar-refractivity contribution in [2.75, 3.05) is 18.5 Å². The van der Waals surface area contributed by atoms with Crippen LogP contribution in [0.1, 0.15) is 59.1 Å². The lowest BCUT2D eigenvalue weighted by Crippen LogP contribution is -2.38. The molecule has 31 heavy (non-hydrogen) atoms. The number of aromatic nitrogens is 2. The number of nitrogens with two attached hydrogens (primary N) is 1. The van der Waals surface area contributed by atoms with Gasteiger partial charge in [-0.1, -0.05) is 11.6 Å². The van der Waals surface area contributed by atoms with Gasteiger partial charge < -0.3 is 20.5 Å². The van der Waals surface area contributed by atoms with Crippen molar-refractivity contribution in [2.24, 2.45) is 11.1 Å². The number of carbonyl (C=O) groups excluding carboxylic acids is 3. The van der Waals surface area contributed by atoms with Crippen LogP contribution < -0.4 is 16.0 Å². The van der Waals surface area contributed by atoms with E-state index in [1.165, 1.54) is 31.6 Å². The maximum Gasteiger partial charge on any atom is 0.270 e. The molecule has 3 amide bonds. The molecule has 0 atom stereocenters. The third kappa shape index (κ3) is 3.56. The number of imidazole rings is 1. The van der Waals surface area contributed by atoms with Crippen LogP contribution in [0.3, 0.4) is 0 Å². The number of amides is 3. The molecule has 2 heterocycles. The van der Waals surface area contributed by atoms with Crippen LogP contribution in [-0.4, -0.2) is 40.9 Å². The fraction of sp³-hybridized carbons (Fsp3) is 0.429. The largest absolute Gasteiger partial charge is 0.364 e. The van der Waals surface area contributed by atoms with E-state index in [1.807, 2.05) is 0 Å². The molecule has 3 N–H and O–H groups in total. The first-order valence-corrected chi connectivity index (χ1v) is 10.5. The minimum Gasteiger partial charge on any atom is -0.364 e. The monoisotopic (exact) mass is 447 g/mol. The van der Waals surface area contributed by atoms with Gasteiger partial charge in [-0.05, 0) is 50.3 Å². The number of anilines is 1. The van der Waals surface area contributed by atoms with Gasteiger partial charge in [0.05, 0.1) is 22.5 Å². The molecule has 2 aromatic rings. The van der Waals surface area contributed by atoms with Gasteiger partial charge in [-0.2, -0.15) is 0 Å². The summed E-state index contributed by atoms with van der Waals surface area (Å²) in [7, 11) is 1.48. The zero-order valence-electron chi connectivity index (χ0n) is 17.0. The number of halogens is 2. The third-order valence-corrected chi connectivity index (χ3v) is 6.79. The van der Waals surface area contributed by atoms with Gasteiger partial charge >= 0.3 is 0 Å². The van der Waals surface area contributed by atoms with Crippen molar-refractivity contribution in [2.45, 2.75) is 38.1 Å². The number of hydrogen-bond acceptors (Lipinski definition) is 4. The van der Waals surface area contributed by atoms with Crippen molar-refractivity contribution >= 4 is 35.0 Å². The summed E-state index contributed by atoms with van der Waals surface area (Å²) in [6.45, 7) is 0.523. The van der Waals surface area contributed by atoms with Crippen LogP contribution in [0, 0.1) is 11.2 Å². The number of nitrogens with zero attached hydrogens (tertiary/aromatic N) is 3. The first-order chi connectivity index (χ1) is 14.8. The zero-order chi connectivity index (χ0) is 22.3. The minimum absolute atomic E-state index is 0.00515. The highest BCUT2D eigenvalue weighted by Crippen LogP contribution is 2.49. The molecule has 1 aromatic carbocycles. The topological polar surface area (TPSA) is 110 Å². The van der Waals surface area contributed by atoms with Crippen LogP contribution in [-0.2, 0) is 4.79 Å². The summed E-state index contributed by atoms with van der Waals surface area (Å²) in [5.41, 5.74) is 5.48. The van der Waals surface area contributed by atoms with E-state index in [9.17, 15) is 18.8 Å². The molecule has 2 fully saturated rings. The number of benzene rings is 1. The molecular weight excluding hydrogens is 425 g/mol. The summed E-state index contributed by atoms with van der Waals surface area (Å²) in [6.07, 6.45) is 4.70. The Labute approximate surface area is 183 Å². The van der Waals surface area contributed by atoms with Gasteiger partial charge in [0.2, 0.25) is 5.91 Å². The third-order valence-electron chi connectivity index (χ3n) is 6.49. The first kappa shape index (κ1) is 21.3. The number of hydrogen-bond donors (Lipinski definition) is 2. The molecule has 1 aromatic heterocycles. The van der Waals surface area contributed by atoms with Crippen molar-refractivity contribution in [3.8, 4) is 0 Å². The second-order valence-electron chi connectivity index (χ2n) is 8.11. The lowest BCUT2D eigenvalue weighted by Gasteiger charge is -2.36. The van der Waals surface area contributed by atoms with Crippen molar-refractivity contribution in [1.29, 1.82) is 0 Å². The van der Waals surface area contributed by atoms with E-state index < -0.39 is 23.0 Å². The zero-order valence-corrected chi connectivity index (χ0v) is 17.8. The van der Waals surface area contributed by atoms with Crippen LogP contribution in [0.25, 0.3) is 0 Å². The molecule has 4 rings (SSSR count). The highest BCUT2D eigenvalue weighted by Gasteiger charge is 2.49. The van der Waals surface area contributed by atoms with Crippen LogP contribution in [0.5, 0.6) is 0 Å². The minimum atomic E-state index is -0.762. The number of rotatable bonds is 4. The second kappa shape index (κ2) is 7.96. The van der Waals surface area contributed by atoms with Gasteiger partial charge in [0.25, 0.3) is 11.8 Å². The molecule has 1 aliphatic carbocycles. The Hall–Kier alpha value is -2.94. The van der Waals surface area contributed by atoms with Crippen LogP contribution in [0.15, 0.2) is 24.5 Å². The lowest BCUT2D eigenvalue weighted by atomic mass is 9.71. The second-order valence-corrected chi connectivity index (χ2v) is 8.51. The molecule has 1 saturated heterocycles. The number of carbonyl (C=O) groups is 3. The molecule has 2 aliphatic rings. The van der Waals surface area contributed by atoms with Crippen molar-refractivity contribution < 1.29 is 18.8 Å². The molecule has 1 aliphatic heterocycles. The van der Waals surface area contributed by atoms with Gasteiger partial charge in [0.1, 0.15) is 11.5 Å². The van der Waals surface area contributed by atoms with Crippen LogP contribution >= 0.6 is 11.6 Å². The van der Waals surface area contributed by atoms with Gasteiger partial charge in [-0.25, -0.2) is 9.37 Å². The molecular formula is C21H23ClFN5O3. The highest BCUT2D eigenvalue weighted by molar-refractivity contribution is 6.34. The van der Waals surface area contributed by atoms with E-state index in [-0.39, 0.29) is 28.4 Å². The Morgan fingerprint density at radius 1 is 1.29 bits per heavy atom. The van der Waals surface area contributed by atoms with E-state index in [2.05, 4.69) is 10.3 Å². The normalized spacial score (nSPS) is 23.4. The number of nitrogens with one attached hydrogen (secondary N) is 1. The SMILES string of the molecule is CNC(=O)c1c(C(N)=O)ncn1C1CCC2(CC1)CCN(c1ccc(F)cc1Cl)C2=O. The fourth-order valence-corrected chi connectivity index (χ4v) is 5.08. The van der Waals surface area contributed by atoms with E-state index in [4.69, 9.17) is 17.3 Å². The first-order valence-electron chi connectivity index (χ1n) is 10.1. The molecule has 0 radical (unpaired) electrons. The summed E-state index contributed by atoms with van der Waals surface area (Å²) in [4.78, 5) is 43.0. The summed E-state index contributed by atoms with van der Waals surface area (Å²) in [5.74, 6) is -1.64. The van der Waals surface area contributed by atoms with E-state index in [1.54, 1.807) is 9.47 Å². The molecule has 10 heteroatoms. The van der Waals surface area contributed by atoms with Crippen molar-refractivity contribution in [1.82, 2.24) is 14.9 Å². The smallest absolute Gasteiger partial charge is 0.270 e. The highest BCUT2D eigenvalue weighted by atomic mass is 35.5. The van der Waals surface area contributed by atoms with Crippen LogP contribution in [0.4, 0.5) is 10.1 Å². The summed E-state index contributed by atoms with van der Waals surface area (Å²) in [5, 5.41) is 2.74. The molecule has 0 bridgehead atoms. The standard InChI is InChI=1S/C21H23ClFN5O3/c1-25-19(30)17-16(18(24)29)26-11-28(17)13-4-6-21(7-5-13)8-9-27(20(21)31)15-3-2-12(23)10-14(15)22/h2-3,10-11,13H,4-9H2,1H3,(H2,24,29)(H,25,30). The summed E-state index contributed by atoms with van der Waals surface area (Å²) < 4.78 is 15.1. The van der Waals surface area contributed by atoms with Gasteiger partial charge in [0, 0.05) is 19.6 Å². The Morgan fingerprint density at radius 2 is 2.00 bits per heavy atom. The van der Waals surface area contributed by atoms with Gasteiger partial charge in [0.15, 0.2) is 5.69 Å². The van der Waals surface area contributed by atoms with Gasteiger partial charge in [-0.3, -0.25) is 14.4 Å². The summed E-state index contributed by atoms with van der Waals surface area (Å²) in [6, 6.07) is 3.97. The molecule has 1 spiro atoms. The molecule has 0 unspecified atom stereocenters. The Bertz CT molecular complexity index is 1060. The Kier molecular flexibility index (Phi) is 5.47. The molecule has 8 nitrogen and oxygen atoms in total. The van der Waals surface area contributed by atoms with Crippen molar-refractivity contribution in [3.05, 3.63) is 46.8 Å². The Balaban J connectivity index is 1.54. The van der Waals surface area contributed by atoms with E-state index in [0.717, 1.165) is 0 Å². The maximum atomic E-state index is 13.4. The van der Waals surface area contributed by atoms with Crippen LogP contribution in [0.2, 0.25) is 5.02 Å². The fourth-order valence-electron chi connectivity index (χ4n) is 4.81. The van der Waals surface area contributed by atoms with E-state index >= 15 is 0 Å². The average molecular weight is 448 g/mol. The maximum absolute atomic E-state index is 13.4. The van der Waals surface area contributed by atoms with E-state index in [0.29, 0.717) is 44.3 Å². The molecule has 164 valence electrons. The summed E-state index contributed by atoms with van der Waals surface area (Å²) >= 11 is 6.17. The quantitative estimate of drug-likeness (QED) is 0.750. The molecule has 1 saturated carbocycles. The predicted molar refractivity (Wildman–Crippen MR) is 112 cm³/mol. The Morgan fingerprint density at radius 3 is 2.61 bits per heavy atom. The lowest BCUT2D eigenvalue weighted by molar-refractivity contribution is -0.127. The predicted octanol–water partition coefficient (Wildman–Crippen LogP) is 2.67. The van der Waals surface area contributed by atoms with Gasteiger partial charge in [-0.15, -0.1) is 0 Å². The van der Waals surface area contributed by atoms with Crippen molar-refractivity contribution in [3.63, 3.8) is 0 Å². The number of primary amides is 1. The average Bonchev–Trinajstić information content (AvgIpc) is 3.32.